The molecule has 0 radical (unpaired) electrons. The van der Waals surface area contributed by atoms with Gasteiger partial charge in [-0.2, -0.15) is 0 Å². The predicted octanol–water partition coefficient (Wildman–Crippen LogP) is 12.1. The summed E-state index contributed by atoms with van der Waals surface area (Å²) in [5.41, 5.74) is 11.0. The van der Waals surface area contributed by atoms with Gasteiger partial charge in [-0.05, 0) is 64.7 Å². The number of fused-ring (bicyclic) bond motifs is 2. The van der Waals surface area contributed by atoms with Crippen molar-refractivity contribution in [1.82, 2.24) is 15.0 Å². The zero-order valence-corrected chi connectivity index (χ0v) is 27.8. The summed E-state index contributed by atoms with van der Waals surface area (Å²) in [6, 6.07) is 63.5. The molecule has 0 N–H and O–H groups in total. The van der Waals surface area contributed by atoms with Crippen molar-refractivity contribution in [3.8, 4) is 56.4 Å². The molecule has 0 atom stereocenters. The Hall–Kier alpha value is -6.30. The highest BCUT2D eigenvalue weighted by molar-refractivity contribution is 7.99. The largest absolute Gasteiger partial charge is 0.308 e. The molecule has 0 saturated heterocycles. The molecule has 0 bridgehead atoms. The SMILES string of the molecule is c1ccc(-c2nc(-c3ccccc3)nc(-c3cccc(-c4ccc(-c5ccc6c(c5)Sc5ccccc5N6c5ccccc5)cc4)c3)n2)cc1. The highest BCUT2D eigenvalue weighted by Gasteiger charge is 2.25. The van der Waals surface area contributed by atoms with Gasteiger partial charge in [0.1, 0.15) is 0 Å². The lowest BCUT2D eigenvalue weighted by atomic mass is 9.98. The molecule has 8 aromatic rings. The van der Waals surface area contributed by atoms with Crippen molar-refractivity contribution < 1.29 is 0 Å². The van der Waals surface area contributed by atoms with Crippen LogP contribution in [0, 0.1) is 0 Å². The lowest BCUT2D eigenvalue weighted by molar-refractivity contribution is 1.07. The number of benzene rings is 7. The van der Waals surface area contributed by atoms with Crippen LogP contribution in [0.15, 0.2) is 192 Å². The van der Waals surface area contributed by atoms with Gasteiger partial charge in [-0.25, -0.2) is 15.0 Å². The number of para-hydroxylation sites is 2. The van der Waals surface area contributed by atoms with Gasteiger partial charge in [-0.1, -0.05) is 151 Å². The van der Waals surface area contributed by atoms with Crippen LogP contribution < -0.4 is 4.90 Å². The summed E-state index contributed by atoms with van der Waals surface area (Å²) >= 11 is 1.83. The van der Waals surface area contributed by atoms with Crippen LogP contribution in [0.4, 0.5) is 17.1 Å². The minimum absolute atomic E-state index is 0.647. The van der Waals surface area contributed by atoms with E-state index >= 15 is 0 Å². The van der Waals surface area contributed by atoms with E-state index in [2.05, 4.69) is 126 Å². The number of anilines is 3. The summed E-state index contributed by atoms with van der Waals surface area (Å²) in [5.74, 6) is 1.96. The maximum atomic E-state index is 4.93. The smallest absolute Gasteiger partial charge is 0.164 e. The molecule has 0 amide bonds. The lowest BCUT2D eigenvalue weighted by Crippen LogP contribution is -2.14. The fourth-order valence-electron chi connectivity index (χ4n) is 6.42. The van der Waals surface area contributed by atoms with Crippen LogP contribution in [-0.4, -0.2) is 15.0 Å². The Morgan fingerprint density at radius 1 is 0.320 bits per heavy atom. The molecule has 50 heavy (non-hydrogen) atoms. The fraction of sp³-hybridized carbons (Fsp3) is 0. The normalized spacial score (nSPS) is 11.9. The van der Waals surface area contributed by atoms with Crippen LogP contribution in [0.1, 0.15) is 0 Å². The monoisotopic (exact) mass is 658 g/mol. The number of aromatic nitrogens is 3. The van der Waals surface area contributed by atoms with Crippen molar-refractivity contribution in [2.24, 2.45) is 0 Å². The summed E-state index contributed by atoms with van der Waals surface area (Å²) in [5, 5.41) is 0. The molecule has 0 fully saturated rings. The van der Waals surface area contributed by atoms with Crippen LogP contribution in [0.5, 0.6) is 0 Å². The molecule has 1 aliphatic heterocycles. The lowest BCUT2D eigenvalue weighted by Gasteiger charge is -2.33. The van der Waals surface area contributed by atoms with Crippen molar-refractivity contribution in [1.29, 1.82) is 0 Å². The molecule has 5 heteroatoms. The van der Waals surface area contributed by atoms with Crippen LogP contribution in [0.25, 0.3) is 56.4 Å². The average molecular weight is 659 g/mol. The molecule has 1 aliphatic rings. The standard InChI is InChI=1S/C45H30N4S/c1-4-13-33(14-5-1)43-46-44(34-15-6-2-7-16-34)48-45(47-43)37-18-12-17-35(29-37)31-23-25-32(26-24-31)36-27-28-40-42(30-36)50-41-22-11-10-21-39(41)49(40)38-19-8-3-9-20-38/h1-30H. The van der Waals surface area contributed by atoms with Crippen molar-refractivity contribution in [2.75, 3.05) is 4.90 Å². The van der Waals surface area contributed by atoms with E-state index < -0.39 is 0 Å². The van der Waals surface area contributed by atoms with Crippen molar-refractivity contribution in [3.05, 3.63) is 182 Å². The maximum absolute atomic E-state index is 4.93. The third kappa shape index (κ3) is 5.74. The molecule has 0 saturated carbocycles. The second kappa shape index (κ2) is 13.0. The average Bonchev–Trinajstić information content (AvgIpc) is 3.20. The third-order valence-corrected chi connectivity index (χ3v) is 10.0. The minimum Gasteiger partial charge on any atom is -0.308 e. The number of nitrogens with zero attached hydrogens (tertiary/aromatic N) is 4. The second-order valence-corrected chi connectivity index (χ2v) is 13.2. The first-order chi connectivity index (χ1) is 24.8. The maximum Gasteiger partial charge on any atom is 0.164 e. The Balaban J connectivity index is 1.04. The van der Waals surface area contributed by atoms with Crippen molar-refractivity contribution in [3.63, 3.8) is 0 Å². The van der Waals surface area contributed by atoms with E-state index in [0.29, 0.717) is 17.5 Å². The molecule has 0 spiro atoms. The molecule has 9 rings (SSSR count). The zero-order chi connectivity index (χ0) is 33.3. The molecular formula is C45H30N4S. The first-order valence-electron chi connectivity index (χ1n) is 16.6. The van der Waals surface area contributed by atoms with E-state index in [-0.39, 0.29) is 0 Å². The fourth-order valence-corrected chi connectivity index (χ4v) is 7.52. The number of hydrogen-bond acceptors (Lipinski definition) is 5. The molecular weight excluding hydrogens is 629 g/mol. The Kier molecular flexibility index (Phi) is 7.72. The summed E-state index contributed by atoms with van der Waals surface area (Å²) in [4.78, 5) is 19.6. The Morgan fingerprint density at radius 3 is 1.42 bits per heavy atom. The zero-order valence-electron chi connectivity index (χ0n) is 27.0. The van der Waals surface area contributed by atoms with E-state index in [1.165, 1.54) is 32.3 Å². The molecule has 7 aromatic carbocycles. The Labute approximate surface area is 295 Å². The van der Waals surface area contributed by atoms with Crippen LogP contribution in [0.2, 0.25) is 0 Å². The molecule has 1 aromatic heterocycles. The van der Waals surface area contributed by atoms with Gasteiger partial charge in [0.05, 0.1) is 11.4 Å². The van der Waals surface area contributed by atoms with Crippen LogP contribution >= 0.6 is 11.8 Å². The summed E-state index contributed by atoms with van der Waals surface area (Å²) in [7, 11) is 0. The highest BCUT2D eigenvalue weighted by Crippen LogP contribution is 2.52. The van der Waals surface area contributed by atoms with Gasteiger partial charge in [0.25, 0.3) is 0 Å². The van der Waals surface area contributed by atoms with E-state index in [4.69, 9.17) is 15.0 Å². The molecule has 0 aliphatic carbocycles. The van der Waals surface area contributed by atoms with Gasteiger partial charge in [0, 0.05) is 32.2 Å². The predicted molar refractivity (Wildman–Crippen MR) is 206 cm³/mol. The van der Waals surface area contributed by atoms with Gasteiger partial charge < -0.3 is 4.90 Å². The van der Waals surface area contributed by atoms with Gasteiger partial charge in [0.2, 0.25) is 0 Å². The topological polar surface area (TPSA) is 41.9 Å². The highest BCUT2D eigenvalue weighted by atomic mass is 32.2. The Morgan fingerprint density at radius 2 is 0.780 bits per heavy atom. The van der Waals surface area contributed by atoms with Crippen LogP contribution in [-0.2, 0) is 0 Å². The van der Waals surface area contributed by atoms with Crippen molar-refractivity contribution >= 4 is 28.8 Å². The van der Waals surface area contributed by atoms with Gasteiger partial charge in [-0.3, -0.25) is 0 Å². The quantitative estimate of drug-likeness (QED) is 0.178. The van der Waals surface area contributed by atoms with E-state index in [1.807, 2.05) is 72.4 Å². The van der Waals surface area contributed by atoms with Crippen molar-refractivity contribution in [2.45, 2.75) is 9.79 Å². The molecule has 236 valence electrons. The number of hydrogen-bond donors (Lipinski definition) is 0. The first kappa shape index (κ1) is 29.8. The molecule has 4 nitrogen and oxygen atoms in total. The van der Waals surface area contributed by atoms with Gasteiger partial charge in [0.15, 0.2) is 17.5 Å². The second-order valence-electron chi connectivity index (χ2n) is 12.1. The van der Waals surface area contributed by atoms with E-state index in [9.17, 15) is 0 Å². The summed E-state index contributed by atoms with van der Waals surface area (Å²) < 4.78 is 0. The van der Waals surface area contributed by atoms with Gasteiger partial charge >= 0.3 is 0 Å². The number of rotatable bonds is 6. The molecule has 2 heterocycles. The minimum atomic E-state index is 0.647. The van der Waals surface area contributed by atoms with Crippen LogP contribution in [0.3, 0.4) is 0 Å². The third-order valence-electron chi connectivity index (χ3n) is 8.91. The summed E-state index contributed by atoms with van der Waals surface area (Å²) in [6.07, 6.45) is 0. The van der Waals surface area contributed by atoms with Gasteiger partial charge in [-0.15, -0.1) is 0 Å². The van der Waals surface area contributed by atoms with E-state index in [0.717, 1.165) is 33.5 Å². The Bertz CT molecular complexity index is 2390. The molecule has 0 unspecified atom stereocenters. The van der Waals surface area contributed by atoms with E-state index in [1.54, 1.807) is 0 Å². The first-order valence-corrected chi connectivity index (χ1v) is 17.4. The summed E-state index contributed by atoms with van der Waals surface area (Å²) in [6.45, 7) is 0.